The van der Waals surface area contributed by atoms with E-state index in [9.17, 15) is 14.0 Å². The van der Waals surface area contributed by atoms with E-state index in [1.807, 2.05) is 4.68 Å². The van der Waals surface area contributed by atoms with Crippen molar-refractivity contribution in [3.63, 3.8) is 0 Å². The highest BCUT2D eigenvalue weighted by molar-refractivity contribution is 5.98. The molecule has 0 radical (unpaired) electrons. The van der Waals surface area contributed by atoms with Gasteiger partial charge in [-0.3, -0.25) is 4.90 Å². The molecule has 1 saturated heterocycles. The normalized spacial score (nSPS) is 18.0. The summed E-state index contributed by atoms with van der Waals surface area (Å²) in [4.78, 5) is 11.0. The molecule has 4 aromatic rings. The Labute approximate surface area is 224 Å². The van der Waals surface area contributed by atoms with Gasteiger partial charge in [0.1, 0.15) is 29.4 Å². The number of ether oxygens (including phenoxy) is 1. The highest BCUT2D eigenvalue weighted by Crippen LogP contribution is 2.34. The van der Waals surface area contributed by atoms with E-state index in [4.69, 9.17) is 15.6 Å². The molecular weight excluding hydrogens is 500 g/mol. The lowest BCUT2D eigenvalue weighted by atomic mass is 10.1. The van der Waals surface area contributed by atoms with E-state index in [1.54, 1.807) is 24.3 Å². The number of nitriles is 1. The average molecular weight is 528 g/mol. The van der Waals surface area contributed by atoms with Gasteiger partial charge in [0, 0.05) is 29.8 Å². The van der Waals surface area contributed by atoms with Crippen molar-refractivity contribution in [2.75, 3.05) is 18.8 Å². The van der Waals surface area contributed by atoms with E-state index in [-0.39, 0.29) is 11.8 Å². The molecule has 2 fully saturated rings. The Morgan fingerprint density at radius 3 is 2.72 bits per heavy atom. The van der Waals surface area contributed by atoms with Crippen LogP contribution in [0.25, 0.3) is 22.3 Å². The molecule has 39 heavy (non-hydrogen) atoms. The summed E-state index contributed by atoms with van der Waals surface area (Å²) >= 11 is 0. The zero-order valence-electron chi connectivity index (χ0n) is 21.2. The van der Waals surface area contributed by atoms with Gasteiger partial charge < -0.3 is 10.5 Å². The minimum absolute atomic E-state index is 0.192. The number of nitrogen functional groups attached to an aromatic ring is 1. The van der Waals surface area contributed by atoms with E-state index in [2.05, 4.69) is 27.0 Å². The number of rotatable bonds is 8. The minimum atomic E-state index is -0.652. The zero-order chi connectivity index (χ0) is 26.9. The lowest BCUT2D eigenvalue weighted by molar-refractivity contribution is 0.248. The monoisotopic (exact) mass is 527 g/mol. The second-order valence-corrected chi connectivity index (χ2v) is 10.1. The fourth-order valence-electron chi connectivity index (χ4n) is 5.12. The third kappa shape index (κ3) is 5.31. The van der Waals surface area contributed by atoms with Crippen LogP contribution < -0.4 is 10.5 Å². The summed E-state index contributed by atoms with van der Waals surface area (Å²) in [6.45, 7) is 2.19. The first-order chi connectivity index (χ1) is 19.0. The number of benzene rings is 2. The molecule has 2 aliphatic rings. The highest BCUT2D eigenvalue weighted by Gasteiger charge is 2.28. The van der Waals surface area contributed by atoms with E-state index in [1.165, 1.54) is 19.2 Å². The molecule has 2 aromatic heterocycles. The topological polar surface area (TPSA) is 106 Å². The summed E-state index contributed by atoms with van der Waals surface area (Å²) in [5, 5.41) is 15.2. The molecule has 10 heteroatoms. The Morgan fingerprint density at radius 1 is 1.13 bits per heavy atom. The Kier molecular flexibility index (Phi) is 6.67. The molecule has 8 nitrogen and oxygen atoms in total. The molecule has 1 saturated carbocycles. The molecule has 2 N–H and O–H groups in total. The van der Waals surface area contributed by atoms with Crippen molar-refractivity contribution in [1.82, 2.24) is 24.6 Å². The quantitative estimate of drug-likeness (QED) is 0.303. The van der Waals surface area contributed by atoms with Crippen LogP contribution in [0, 0.1) is 28.9 Å². The number of allylic oxidation sites excluding steroid dienone is 1. The van der Waals surface area contributed by atoms with Crippen molar-refractivity contribution in [2.45, 2.75) is 38.3 Å². The maximum Gasteiger partial charge on any atom is 0.165 e. The smallest absolute Gasteiger partial charge is 0.165 e. The van der Waals surface area contributed by atoms with Gasteiger partial charge in [-0.2, -0.15) is 10.4 Å². The van der Waals surface area contributed by atoms with Crippen molar-refractivity contribution < 1.29 is 13.5 Å². The van der Waals surface area contributed by atoms with Crippen LogP contribution in [0.4, 0.5) is 14.6 Å². The molecule has 1 aliphatic carbocycles. The molecule has 1 unspecified atom stereocenters. The molecule has 1 aliphatic heterocycles. The fraction of sp³-hybridized carbons (Fsp3) is 0.310. The number of nitrogens with zero attached hydrogens (tertiary/aromatic N) is 6. The van der Waals surface area contributed by atoms with E-state index in [0.717, 1.165) is 48.7 Å². The molecule has 0 spiro atoms. The van der Waals surface area contributed by atoms with Gasteiger partial charge in [0.15, 0.2) is 17.2 Å². The van der Waals surface area contributed by atoms with Gasteiger partial charge in [-0.05, 0) is 74.5 Å². The van der Waals surface area contributed by atoms with Crippen LogP contribution >= 0.6 is 0 Å². The Balaban J connectivity index is 1.26. The molecule has 0 bridgehead atoms. The van der Waals surface area contributed by atoms with Gasteiger partial charge in [0.25, 0.3) is 0 Å². The summed E-state index contributed by atoms with van der Waals surface area (Å²) in [6, 6.07) is 12.6. The van der Waals surface area contributed by atoms with Crippen LogP contribution in [0.1, 0.15) is 25.7 Å². The largest absolute Gasteiger partial charge is 0.454 e. The second kappa shape index (κ2) is 10.4. The van der Waals surface area contributed by atoms with Crippen molar-refractivity contribution >= 4 is 16.9 Å². The SMILES string of the molecule is N#CC(=CC1CC1)CN1CCCC1Cn1nc(-c2ccc(Oc3cc(F)ccc3F)cc2)c2c(N)ncnc21. The first-order valence-corrected chi connectivity index (χ1v) is 13.0. The number of halogens is 2. The van der Waals surface area contributed by atoms with Crippen LogP contribution in [-0.2, 0) is 6.54 Å². The van der Waals surface area contributed by atoms with Crippen LogP contribution in [0.5, 0.6) is 11.5 Å². The van der Waals surface area contributed by atoms with Crippen LogP contribution in [0.15, 0.2) is 60.4 Å². The highest BCUT2D eigenvalue weighted by atomic mass is 19.1. The maximum absolute atomic E-state index is 14.0. The summed E-state index contributed by atoms with van der Waals surface area (Å²) < 4.78 is 34.9. The number of nitrogens with two attached hydrogens (primary N) is 1. The number of fused-ring (bicyclic) bond motifs is 1. The van der Waals surface area contributed by atoms with E-state index < -0.39 is 11.6 Å². The molecule has 198 valence electrons. The molecule has 2 aromatic carbocycles. The number of anilines is 1. The predicted molar refractivity (Wildman–Crippen MR) is 143 cm³/mol. The molecule has 3 heterocycles. The Hall–Kier alpha value is -4.36. The standard InChI is InChI=1S/C29H27F2N7O/c30-21-7-10-24(31)25(13-21)39-23-8-5-20(6-9-23)27-26-28(33)34-17-35-29(26)38(36-27)16-22-2-1-11-37(22)15-19(14-32)12-18-3-4-18/h5-10,12-13,17-18,22H,1-4,11,15-16H2,(H2,33,34,35). The molecule has 1 atom stereocenters. The summed E-state index contributed by atoms with van der Waals surface area (Å²) in [5.74, 6) is -0.193. The average Bonchev–Trinajstić information content (AvgIpc) is 3.53. The van der Waals surface area contributed by atoms with Gasteiger partial charge in [0.2, 0.25) is 0 Å². The Morgan fingerprint density at radius 2 is 1.95 bits per heavy atom. The summed E-state index contributed by atoms with van der Waals surface area (Å²) in [7, 11) is 0. The third-order valence-corrected chi connectivity index (χ3v) is 7.27. The van der Waals surface area contributed by atoms with Gasteiger partial charge in [-0.25, -0.2) is 23.4 Å². The van der Waals surface area contributed by atoms with Gasteiger partial charge in [-0.15, -0.1) is 0 Å². The first kappa shape index (κ1) is 24.9. The number of aromatic nitrogens is 4. The number of hydrogen-bond donors (Lipinski definition) is 1. The predicted octanol–water partition coefficient (Wildman–Crippen LogP) is 5.47. The maximum atomic E-state index is 14.0. The Bertz CT molecular complexity index is 1590. The van der Waals surface area contributed by atoms with Crippen LogP contribution in [0.2, 0.25) is 0 Å². The summed E-state index contributed by atoms with van der Waals surface area (Å²) in [5.41, 5.74) is 9.14. The van der Waals surface area contributed by atoms with Crippen LogP contribution in [-0.4, -0.2) is 43.8 Å². The van der Waals surface area contributed by atoms with Crippen LogP contribution in [0.3, 0.4) is 0 Å². The van der Waals surface area contributed by atoms with Gasteiger partial charge >= 0.3 is 0 Å². The first-order valence-electron chi connectivity index (χ1n) is 13.0. The lowest BCUT2D eigenvalue weighted by Gasteiger charge is -2.24. The van der Waals surface area contributed by atoms with Crippen molar-refractivity contribution in [3.05, 3.63) is 72.1 Å². The molecular formula is C29H27F2N7O. The number of likely N-dealkylation sites (tertiary alicyclic amines) is 1. The summed E-state index contributed by atoms with van der Waals surface area (Å²) in [6.07, 6.45) is 7.97. The van der Waals surface area contributed by atoms with Gasteiger partial charge in [-0.1, -0.05) is 6.08 Å². The molecule has 0 amide bonds. The lowest BCUT2D eigenvalue weighted by Crippen LogP contribution is -2.34. The van der Waals surface area contributed by atoms with E-state index in [0.29, 0.717) is 47.3 Å². The van der Waals surface area contributed by atoms with Crippen molar-refractivity contribution in [2.24, 2.45) is 5.92 Å². The minimum Gasteiger partial charge on any atom is -0.454 e. The third-order valence-electron chi connectivity index (χ3n) is 7.27. The molecule has 6 rings (SSSR count). The second-order valence-electron chi connectivity index (χ2n) is 10.1. The van der Waals surface area contributed by atoms with E-state index >= 15 is 0 Å². The van der Waals surface area contributed by atoms with Crippen molar-refractivity contribution in [3.8, 4) is 28.8 Å². The van der Waals surface area contributed by atoms with Gasteiger partial charge in [0.05, 0.1) is 18.0 Å². The van der Waals surface area contributed by atoms with Crippen molar-refractivity contribution in [1.29, 1.82) is 5.26 Å². The zero-order valence-corrected chi connectivity index (χ0v) is 21.2. The fourth-order valence-corrected chi connectivity index (χ4v) is 5.12. The number of hydrogen-bond acceptors (Lipinski definition) is 7.